The highest BCUT2D eigenvalue weighted by atomic mass is 19.1. The normalized spacial score (nSPS) is 13.7. The number of hydrogen-bond donors (Lipinski definition) is 1. The highest BCUT2D eigenvalue weighted by molar-refractivity contribution is 5.44. The molecule has 0 unspecified atom stereocenters. The quantitative estimate of drug-likeness (QED) is 0.800. The van der Waals surface area contributed by atoms with Gasteiger partial charge in [0.05, 0.1) is 6.61 Å². The zero-order valence-corrected chi connectivity index (χ0v) is 9.06. The number of benzene rings is 1. The molecule has 0 bridgehead atoms. The van der Waals surface area contributed by atoms with E-state index >= 15 is 0 Å². The molecule has 16 heavy (non-hydrogen) atoms. The van der Waals surface area contributed by atoms with Gasteiger partial charge >= 0.3 is 0 Å². The number of hydrogen-bond acceptors (Lipinski definition) is 2. The standard InChI is InChI=1S/C12H15F2NO/c13-10-7-11(14)12-9(4-6-16-12)8(10)3-1-2-5-15/h7H,1-6,15H2. The van der Waals surface area contributed by atoms with Crippen LogP contribution >= 0.6 is 0 Å². The predicted octanol–water partition coefficient (Wildman–Crippen LogP) is 2.18. The summed E-state index contributed by atoms with van der Waals surface area (Å²) in [4.78, 5) is 0. The maximum atomic E-state index is 13.6. The first kappa shape index (κ1) is 11.3. The molecular formula is C12H15F2NO. The minimum atomic E-state index is -0.590. The molecule has 0 aromatic heterocycles. The van der Waals surface area contributed by atoms with E-state index < -0.39 is 11.6 Å². The summed E-state index contributed by atoms with van der Waals surface area (Å²) in [5, 5.41) is 0. The lowest BCUT2D eigenvalue weighted by atomic mass is 9.99. The lowest BCUT2D eigenvalue weighted by Gasteiger charge is -2.09. The van der Waals surface area contributed by atoms with Crippen molar-refractivity contribution < 1.29 is 13.5 Å². The highest BCUT2D eigenvalue weighted by Gasteiger charge is 2.23. The summed E-state index contributed by atoms with van der Waals surface area (Å²) in [6, 6.07) is 0.919. The number of rotatable bonds is 4. The Morgan fingerprint density at radius 1 is 1.25 bits per heavy atom. The molecule has 0 aliphatic carbocycles. The van der Waals surface area contributed by atoms with E-state index in [-0.39, 0.29) is 5.75 Å². The Bertz CT molecular complexity index is 393. The SMILES string of the molecule is NCCCCc1c(F)cc(F)c2c1CCO2. The van der Waals surface area contributed by atoms with Crippen molar-refractivity contribution in [3.05, 3.63) is 28.8 Å². The first-order valence-corrected chi connectivity index (χ1v) is 5.56. The summed E-state index contributed by atoms with van der Waals surface area (Å²) < 4.78 is 32.1. The van der Waals surface area contributed by atoms with Crippen molar-refractivity contribution in [3.8, 4) is 5.75 Å². The van der Waals surface area contributed by atoms with Crippen molar-refractivity contribution in [1.29, 1.82) is 0 Å². The fourth-order valence-corrected chi connectivity index (χ4v) is 2.08. The zero-order chi connectivity index (χ0) is 11.5. The van der Waals surface area contributed by atoms with Gasteiger partial charge in [-0.15, -0.1) is 0 Å². The molecule has 0 spiro atoms. The molecule has 4 heteroatoms. The average molecular weight is 227 g/mol. The van der Waals surface area contributed by atoms with Crippen LogP contribution in [-0.4, -0.2) is 13.2 Å². The third-order valence-electron chi connectivity index (χ3n) is 2.88. The number of halogens is 2. The van der Waals surface area contributed by atoms with Crippen LogP contribution in [0.4, 0.5) is 8.78 Å². The second kappa shape index (κ2) is 4.78. The molecule has 1 aromatic rings. The molecule has 0 atom stereocenters. The van der Waals surface area contributed by atoms with E-state index in [1.54, 1.807) is 0 Å². The second-order valence-corrected chi connectivity index (χ2v) is 3.97. The van der Waals surface area contributed by atoms with Gasteiger partial charge in [0, 0.05) is 18.1 Å². The Balaban J connectivity index is 2.26. The summed E-state index contributed by atoms with van der Waals surface area (Å²) in [5.74, 6) is -0.810. The number of ether oxygens (including phenoxy) is 1. The van der Waals surface area contributed by atoms with E-state index in [0.717, 1.165) is 18.9 Å². The molecule has 1 aromatic carbocycles. The van der Waals surface area contributed by atoms with Crippen molar-refractivity contribution in [3.63, 3.8) is 0 Å². The van der Waals surface area contributed by atoms with E-state index in [4.69, 9.17) is 10.5 Å². The van der Waals surface area contributed by atoms with Crippen molar-refractivity contribution in [2.45, 2.75) is 25.7 Å². The van der Waals surface area contributed by atoms with E-state index in [2.05, 4.69) is 0 Å². The van der Waals surface area contributed by atoms with E-state index in [0.29, 0.717) is 37.1 Å². The van der Waals surface area contributed by atoms with Gasteiger partial charge in [-0.2, -0.15) is 0 Å². The topological polar surface area (TPSA) is 35.2 Å². The molecule has 2 rings (SSSR count). The molecule has 0 fully saturated rings. The van der Waals surface area contributed by atoms with Crippen LogP contribution in [-0.2, 0) is 12.8 Å². The zero-order valence-electron chi connectivity index (χ0n) is 9.06. The lowest BCUT2D eigenvalue weighted by Crippen LogP contribution is -2.02. The monoisotopic (exact) mass is 227 g/mol. The van der Waals surface area contributed by atoms with Gasteiger partial charge in [0.2, 0.25) is 0 Å². The second-order valence-electron chi connectivity index (χ2n) is 3.97. The average Bonchev–Trinajstić information content (AvgIpc) is 2.72. The van der Waals surface area contributed by atoms with E-state index in [1.807, 2.05) is 0 Å². The fourth-order valence-electron chi connectivity index (χ4n) is 2.08. The Hall–Kier alpha value is -1.16. The third kappa shape index (κ3) is 2.02. The van der Waals surface area contributed by atoms with Gasteiger partial charge in [0.25, 0.3) is 0 Å². The van der Waals surface area contributed by atoms with Gasteiger partial charge in [-0.25, -0.2) is 8.78 Å². The highest BCUT2D eigenvalue weighted by Crippen LogP contribution is 2.33. The molecule has 0 saturated heterocycles. The molecule has 0 amide bonds. The molecule has 0 saturated carbocycles. The Kier molecular flexibility index (Phi) is 3.39. The van der Waals surface area contributed by atoms with Crippen molar-refractivity contribution >= 4 is 0 Å². The molecule has 1 aliphatic heterocycles. The van der Waals surface area contributed by atoms with Gasteiger partial charge in [0.1, 0.15) is 5.82 Å². The molecule has 2 N–H and O–H groups in total. The Morgan fingerprint density at radius 3 is 2.81 bits per heavy atom. The fraction of sp³-hybridized carbons (Fsp3) is 0.500. The summed E-state index contributed by atoms with van der Waals surface area (Å²) >= 11 is 0. The first-order valence-electron chi connectivity index (χ1n) is 5.56. The van der Waals surface area contributed by atoms with Crippen LogP contribution in [0.5, 0.6) is 5.75 Å². The van der Waals surface area contributed by atoms with Gasteiger partial charge in [-0.1, -0.05) is 0 Å². The summed E-state index contributed by atoms with van der Waals surface area (Å²) in [5.41, 5.74) is 6.69. The Labute approximate surface area is 93.4 Å². The first-order chi connectivity index (χ1) is 7.74. The molecule has 2 nitrogen and oxygen atoms in total. The van der Waals surface area contributed by atoms with E-state index in [1.165, 1.54) is 0 Å². The summed E-state index contributed by atoms with van der Waals surface area (Å²) in [6.45, 7) is 1.04. The lowest BCUT2D eigenvalue weighted by molar-refractivity contribution is 0.338. The van der Waals surface area contributed by atoms with Crippen molar-refractivity contribution in [2.24, 2.45) is 5.73 Å². The third-order valence-corrected chi connectivity index (χ3v) is 2.88. The van der Waals surface area contributed by atoms with Crippen LogP contribution in [0.1, 0.15) is 24.0 Å². The van der Waals surface area contributed by atoms with Gasteiger partial charge in [-0.3, -0.25) is 0 Å². The molecule has 88 valence electrons. The molecule has 1 aliphatic rings. The van der Waals surface area contributed by atoms with Crippen LogP contribution in [0, 0.1) is 11.6 Å². The minimum Gasteiger partial charge on any atom is -0.490 e. The predicted molar refractivity (Wildman–Crippen MR) is 57.5 cm³/mol. The molecular weight excluding hydrogens is 212 g/mol. The largest absolute Gasteiger partial charge is 0.490 e. The number of fused-ring (bicyclic) bond motifs is 1. The maximum absolute atomic E-state index is 13.6. The van der Waals surface area contributed by atoms with Crippen LogP contribution in [0.2, 0.25) is 0 Å². The number of nitrogens with two attached hydrogens (primary N) is 1. The number of unbranched alkanes of at least 4 members (excludes halogenated alkanes) is 1. The Morgan fingerprint density at radius 2 is 2.06 bits per heavy atom. The van der Waals surface area contributed by atoms with Gasteiger partial charge in [-0.05, 0) is 31.4 Å². The van der Waals surface area contributed by atoms with Crippen LogP contribution in [0.15, 0.2) is 6.07 Å². The summed E-state index contributed by atoms with van der Waals surface area (Å²) in [6.07, 6.45) is 2.88. The van der Waals surface area contributed by atoms with Crippen LogP contribution in [0.3, 0.4) is 0 Å². The molecule has 0 radical (unpaired) electrons. The molecule has 1 heterocycles. The van der Waals surface area contributed by atoms with Crippen molar-refractivity contribution in [1.82, 2.24) is 0 Å². The maximum Gasteiger partial charge on any atom is 0.168 e. The smallest absolute Gasteiger partial charge is 0.168 e. The van der Waals surface area contributed by atoms with Gasteiger partial charge in [0.15, 0.2) is 11.6 Å². The van der Waals surface area contributed by atoms with Crippen LogP contribution in [0.25, 0.3) is 0 Å². The van der Waals surface area contributed by atoms with Crippen LogP contribution < -0.4 is 10.5 Å². The van der Waals surface area contributed by atoms with Gasteiger partial charge < -0.3 is 10.5 Å². The van der Waals surface area contributed by atoms with Crippen molar-refractivity contribution in [2.75, 3.05) is 13.2 Å². The van der Waals surface area contributed by atoms with E-state index in [9.17, 15) is 8.78 Å². The minimum absolute atomic E-state index is 0.240. The summed E-state index contributed by atoms with van der Waals surface area (Å²) in [7, 11) is 0.